The maximum atomic E-state index is 12.7. The molecule has 10 heteroatoms. The number of imide groups is 1. The van der Waals surface area contributed by atoms with Crippen molar-refractivity contribution in [3.05, 3.63) is 35.4 Å². The number of carbonyl (C=O) groups is 3. The van der Waals surface area contributed by atoms with E-state index in [1.165, 1.54) is 0 Å². The van der Waals surface area contributed by atoms with Crippen LogP contribution in [0.25, 0.3) is 0 Å². The van der Waals surface area contributed by atoms with E-state index in [0.29, 0.717) is 18.4 Å². The molecule has 30 heavy (non-hydrogen) atoms. The van der Waals surface area contributed by atoms with E-state index in [1.54, 1.807) is 24.3 Å². The summed E-state index contributed by atoms with van der Waals surface area (Å²) in [5, 5.41) is 5.40. The predicted octanol–water partition coefficient (Wildman–Crippen LogP) is 2.64. The minimum atomic E-state index is -4.37. The Bertz CT molecular complexity index is 789. The molecule has 4 amide bonds. The molecular formula is C20H24F3N3O4. The molecule has 1 spiro atoms. The van der Waals surface area contributed by atoms with Crippen molar-refractivity contribution in [2.45, 2.75) is 57.0 Å². The number of halogens is 3. The van der Waals surface area contributed by atoms with Gasteiger partial charge in [0.25, 0.3) is 5.91 Å². The molecule has 7 nitrogen and oxygen atoms in total. The van der Waals surface area contributed by atoms with Gasteiger partial charge in [-0.2, -0.15) is 13.2 Å². The molecule has 1 aliphatic carbocycles. The Hall–Kier alpha value is -2.62. The highest BCUT2D eigenvalue weighted by atomic mass is 19.4. The molecule has 0 atom stereocenters. The van der Waals surface area contributed by atoms with E-state index in [1.807, 2.05) is 0 Å². The Morgan fingerprint density at radius 2 is 1.73 bits per heavy atom. The average molecular weight is 427 g/mol. The van der Waals surface area contributed by atoms with E-state index in [-0.39, 0.29) is 25.6 Å². The van der Waals surface area contributed by atoms with Crippen LogP contribution in [-0.4, -0.2) is 47.6 Å². The molecule has 1 heterocycles. The minimum absolute atomic E-state index is 0.164. The van der Waals surface area contributed by atoms with Crippen LogP contribution in [0, 0.1) is 0 Å². The van der Waals surface area contributed by atoms with Gasteiger partial charge in [-0.15, -0.1) is 0 Å². The summed E-state index contributed by atoms with van der Waals surface area (Å²) in [7, 11) is 0. The third-order valence-corrected chi connectivity index (χ3v) is 5.30. The molecule has 1 saturated heterocycles. The van der Waals surface area contributed by atoms with E-state index in [4.69, 9.17) is 0 Å². The maximum Gasteiger partial charge on any atom is 0.411 e. The van der Waals surface area contributed by atoms with E-state index < -0.39 is 30.3 Å². The number of urea groups is 1. The Labute approximate surface area is 171 Å². The topological polar surface area (TPSA) is 87.7 Å². The van der Waals surface area contributed by atoms with Gasteiger partial charge in [0.1, 0.15) is 18.7 Å². The van der Waals surface area contributed by atoms with Gasteiger partial charge in [-0.25, -0.2) is 4.79 Å². The lowest BCUT2D eigenvalue weighted by molar-refractivity contribution is -0.176. The second-order valence-corrected chi connectivity index (χ2v) is 7.67. The van der Waals surface area contributed by atoms with Crippen molar-refractivity contribution in [2.75, 3.05) is 13.2 Å². The van der Waals surface area contributed by atoms with Crippen LogP contribution in [0.5, 0.6) is 0 Å². The van der Waals surface area contributed by atoms with Crippen LogP contribution in [0.2, 0.25) is 0 Å². The number of alkyl halides is 3. The molecule has 2 N–H and O–H groups in total. The second kappa shape index (κ2) is 9.03. The van der Waals surface area contributed by atoms with Crippen molar-refractivity contribution in [2.24, 2.45) is 0 Å². The molecule has 1 aliphatic heterocycles. The fourth-order valence-corrected chi connectivity index (χ4v) is 3.75. The molecule has 3 rings (SSSR count). The van der Waals surface area contributed by atoms with Crippen molar-refractivity contribution < 1.29 is 32.3 Å². The van der Waals surface area contributed by atoms with Crippen LogP contribution in [0.1, 0.15) is 43.2 Å². The van der Waals surface area contributed by atoms with Crippen LogP contribution >= 0.6 is 0 Å². The number of carbonyl (C=O) groups excluding carboxylic acids is 3. The number of ether oxygens (including phenoxy) is 1. The first-order valence-corrected chi connectivity index (χ1v) is 9.82. The Morgan fingerprint density at radius 3 is 2.37 bits per heavy atom. The van der Waals surface area contributed by atoms with Crippen LogP contribution in [0.4, 0.5) is 18.0 Å². The zero-order valence-electron chi connectivity index (χ0n) is 16.4. The first kappa shape index (κ1) is 22.1. The van der Waals surface area contributed by atoms with Gasteiger partial charge in [0, 0.05) is 6.54 Å². The highest BCUT2D eigenvalue weighted by Crippen LogP contribution is 2.33. The van der Waals surface area contributed by atoms with Gasteiger partial charge >= 0.3 is 12.2 Å². The molecule has 0 radical (unpaired) electrons. The van der Waals surface area contributed by atoms with E-state index in [0.717, 1.165) is 29.7 Å². The van der Waals surface area contributed by atoms with Gasteiger partial charge in [0.15, 0.2) is 0 Å². The van der Waals surface area contributed by atoms with Crippen LogP contribution in [0.15, 0.2) is 24.3 Å². The number of rotatable bonds is 7. The molecule has 1 saturated carbocycles. The Balaban J connectivity index is 1.45. The van der Waals surface area contributed by atoms with E-state index in [9.17, 15) is 27.6 Å². The molecule has 1 aromatic carbocycles. The smallest absolute Gasteiger partial charge is 0.367 e. The normalized spacial score (nSPS) is 18.6. The minimum Gasteiger partial charge on any atom is -0.367 e. The number of nitrogens with one attached hydrogen (secondary N) is 2. The second-order valence-electron chi connectivity index (χ2n) is 7.67. The summed E-state index contributed by atoms with van der Waals surface area (Å²) in [5.74, 6) is -0.811. The van der Waals surface area contributed by atoms with Gasteiger partial charge in [-0.1, -0.05) is 43.5 Å². The lowest BCUT2D eigenvalue weighted by atomic mass is 9.82. The summed E-state index contributed by atoms with van der Waals surface area (Å²) < 4.78 is 40.8. The largest absolute Gasteiger partial charge is 0.411 e. The summed E-state index contributed by atoms with van der Waals surface area (Å²) in [4.78, 5) is 38.0. The highest BCUT2D eigenvalue weighted by molar-refractivity contribution is 6.09. The van der Waals surface area contributed by atoms with Crippen LogP contribution in [-0.2, 0) is 27.5 Å². The molecule has 0 aromatic heterocycles. The summed E-state index contributed by atoms with van der Waals surface area (Å²) >= 11 is 0. The van der Waals surface area contributed by atoms with Gasteiger partial charge in [0.2, 0.25) is 5.91 Å². The van der Waals surface area contributed by atoms with Crippen molar-refractivity contribution in [1.82, 2.24) is 15.5 Å². The number of nitrogens with zero attached hydrogens (tertiary/aromatic N) is 1. The summed E-state index contributed by atoms with van der Waals surface area (Å²) in [5.41, 5.74) is 0.440. The highest BCUT2D eigenvalue weighted by Gasteiger charge is 2.51. The van der Waals surface area contributed by atoms with Gasteiger partial charge in [0.05, 0.1) is 6.61 Å². The molecule has 2 fully saturated rings. The quantitative estimate of drug-likeness (QED) is 0.655. The lowest BCUT2D eigenvalue weighted by Gasteiger charge is -2.30. The first-order chi connectivity index (χ1) is 14.2. The summed E-state index contributed by atoms with van der Waals surface area (Å²) in [6, 6.07) is 6.01. The van der Waals surface area contributed by atoms with Gasteiger partial charge in [-0.3, -0.25) is 14.5 Å². The fraction of sp³-hybridized carbons (Fsp3) is 0.550. The zero-order chi connectivity index (χ0) is 21.8. The number of amides is 4. The van der Waals surface area contributed by atoms with Crippen molar-refractivity contribution in [3.63, 3.8) is 0 Å². The SMILES string of the molecule is O=C(CN1C(=O)NC2(CCCCC2)C1=O)NCc1ccc(COCC(F)(F)F)cc1. The fourth-order valence-electron chi connectivity index (χ4n) is 3.75. The van der Waals surface area contributed by atoms with Crippen LogP contribution < -0.4 is 10.6 Å². The molecule has 2 aliphatic rings. The van der Waals surface area contributed by atoms with Crippen molar-refractivity contribution in [3.8, 4) is 0 Å². The zero-order valence-corrected chi connectivity index (χ0v) is 16.4. The van der Waals surface area contributed by atoms with E-state index >= 15 is 0 Å². The Kier molecular flexibility index (Phi) is 6.64. The molecule has 0 unspecified atom stereocenters. The molecular weight excluding hydrogens is 403 g/mol. The standard InChI is InChI=1S/C20H24F3N3O4/c21-20(22,23)13-30-12-15-6-4-14(5-7-15)10-24-16(27)11-26-17(28)19(25-18(26)29)8-2-1-3-9-19/h4-7H,1-3,8-13H2,(H,24,27)(H,25,29). The third-order valence-electron chi connectivity index (χ3n) is 5.30. The average Bonchev–Trinajstić information content (AvgIpc) is 2.91. The number of benzene rings is 1. The van der Waals surface area contributed by atoms with Gasteiger partial charge in [-0.05, 0) is 24.0 Å². The van der Waals surface area contributed by atoms with Crippen LogP contribution in [0.3, 0.4) is 0 Å². The van der Waals surface area contributed by atoms with Crippen molar-refractivity contribution >= 4 is 17.8 Å². The van der Waals surface area contributed by atoms with Crippen molar-refractivity contribution in [1.29, 1.82) is 0 Å². The first-order valence-electron chi connectivity index (χ1n) is 9.82. The maximum absolute atomic E-state index is 12.7. The van der Waals surface area contributed by atoms with E-state index in [2.05, 4.69) is 15.4 Å². The summed E-state index contributed by atoms with van der Waals surface area (Å²) in [6.45, 7) is -1.66. The lowest BCUT2D eigenvalue weighted by Crippen LogP contribution is -2.49. The predicted molar refractivity (Wildman–Crippen MR) is 100 cm³/mol. The monoisotopic (exact) mass is 427 g/mol. The Morgan fingerprint density at radius 1 is 1.10 bits per heavy atom. The van der Waals surface area contributed by atoms with Gasteiger partial charge < -0.3 is 15.4 Å². The summed E-state index contributed by atoms with van der Waals surface area (Å²) in [6.07, 6.45) is -0.427. The number of hydrogen-bond acceptors (Lipinski definition) is 4. The molecule has 1 aromatic rings. The molecule has 0 bridgehead atoms. The third kappa shape index (κ3) is 5.50. The number of hydrogen-bond donors (Lipinski definition) is 2. The molecule has 164 valence electrons.